The number of aryl methyl sites for hydroxylation is 1. The van der Waals surface area contributed by atoms with Crippen molar-refractivity contribution in [2.24, 2.45) is 5.41 Å². The molecule has 1 amide bonds. The van der Waals surface area contributed by atoms with Crippen LogP contribution in [0, 0.1) is 18.2 Å². The average molecular weight is 445 g/mol. The third kappa shape index (κ3) is 5.72. The molecule has 1 aliphatic heterocycles. The second-order valence-corrected chi connectivity index (χ2v) is 8.36. The number of rotatable bonds is 7. The Kier molecular flexibility index (Phi) is 7.27. The molecule has 1 aliphatic rings. The summed E-state index contributed by atoms with van der Waals surface area (Å²) < 4.78 is 18.0. The van der Waals surface area contributed by atoms with E-state index in [0.29, 0.717) is 17.9 Å². The zero-order chi connectivity index (χ0) is 23.3. The number of aromatic hydroxyl groups is 1. The molecule has 2 aromatic rings. The van der Waals surface area contributed by atoms with Crippen LogP contribution < -0.4 is 10.2 Å². The van der Waals surface area contributed by atoms with Crippen LogP contribution in [0.2, 0.25) is 0 Å². The van der Waals surface area contributed by atoms with E-state index < -0.39 is 11.9 Å². The molecule has 0 radical (unpaired) electrons. The standard InChI is InChI=1S/C23H29FN4O4/c1-4-32-19(29)14-25-22(31)20-21(30)15(2)26-18(27-20)13-23(3)9-11-28(12-10-23)17-7-5-16(24)6-8-17/h5-8,30H,4,9-14H2,1-3H3,(H,25,31). The van der Waals surface area contributed by atoms with Crippen LogP contribution in [0.4, 0.5) is 10.1 Å². The molecular formula is C23H29FN4O4. The van der Waals surface area contributed by atoms with Crippen molar-refractivity contribution < 1.29 is 23.8 Å². The van der Waals surface area contributed by atoms with Crippen LogP contribution in [0.15, 0.2) is 24.3 Å². The van der Waals surface area contributed by atoms with Crippen LogP contribution in [0.25, 0.3) is 0 Å². The fraction of sp³-hybridized carbons (Fsp3) is 0.478. The molecule has 3 rings (SSSR count). The lowest BCUT2D eigenvalue weighted by atomic mass is 9.77. The van der Waals surface area contributed by atoms with Gasteiger partial charge in [-0.05, 0) is 56.4 Å². The Morgan fingerprint density at radius 2 is 1.88 bits per heavy atom. The molecule has 0 bridgehead atoms. The van der Waals surface area contributed by atoms with Crippen molar-refractivity contribution in [3.8, 4) is 5.75 Å². The number of nitrogens with one attached hydrogen (secondary N) is 1. The number of esters is 1. The van der Waals surface area contributed by atoms with Gasteiger partial charge in [-0.2, -0.15) is 0 Å². The summed E-state index contributed by atoms with van der Waals surface area (Å²) in [6, 6.07) is 6.49. The summed E-state index contributed by atoms with van der Waals surface area (Å²) in [6.45, 7) is 6.98. The maximum Gasteiger partial charge on any atom is 0.325 e. The van der Waals surface area contributed by atoms with Crippen LogP contribution in [0.3, 0.4) is 0 Å². The third-order valence-corrected chi connectivity index (χ3v) is 5.77. The van der Waals surface area contributed by atoms with Crippen molar-refractivity contribution in [3.05, 3.63) is 47.3 Å². The van der Waals surface area contributed by atoms with Gasteiger partial charge in [0.05, 0.1) is 12.3 Å². The lowest BCUT2D eigenvalue weighted by Crippen LogP contribution is -2.40. The molecule has 1 fully saturated rings. The van der Waals surface area contributed by atoms with Crippen LogP contribution in [-0.4, -0.2) is 53.2 Å². The Balaban J connectivity index is 1.67. The molecule has 0 atom stereocenters. The smallest absolute Gasteiger partial charge is 0.325 e. The highest BCUT2D eigenvalue weighted by atomic mass is 19.1. The normalized spacial score (nSPS) is 15.3. The number of amides is 1. The maximum absolute atomic E-state index is 13.2. The summed E-state index contributed by atoms with van der Waals surface area (Å²) in [6.07, 6.45) is 2.29. The van der Waals surface area contributed by atoms with Crippen molar-refractivity contribution in [1.29, 1.82) is 0 Å². The number of carbonyl (C=O) groups is 2. The van der Waals surface area contributed by atoms with Crippen molar-refractivity contribution in [3.63, 3.8) is 0 Å². The fourth-order valence-electron chi connectivity index (χ4n) is 3.83. The van der Waals surface area contributed by atoms with E-state index >= 15 is 0 Å². The van der Waals surface area contributed by atoms with E-state index in [1.165, 1.54) is 12.1 Å². The van der Waals surface area contributed by atoms with Crippen LogP contribution in [0.5, 0.6) is 5.75 Å². The Morgan fingerprint density at radius 1 is 1.22 bits per heavy atom. The van der Waals surface area contributed by atoms with Gasteiger partial charge in [-0.1, -0.05) is 6.92 Å². The van der Waals surface area contributed by atoms with Crippen molar-refractivity contribution >= 4 is 17.6 Å². The third-order valence-electron chi connectivity index (χ3n) is 5.77. The number of hydrogen-bond donors (Lipinski definition) is 2. The number of anilines is 1. The first-order valence-electron chi connectivity index (χ1n) is 10.7. The zero-order valence-electron chi connectivity index (χ0n) is 18.7. The second kappa shape index (κ2) is 9.93. The number of benzene rings is 1. The lowest BCUT2D eigenvalue weighted by molar-refractivity contribution is -0.141. The van der Waals surface area contributed by atoms with E-state index in [9.17, 15) is 19.1 Å². The van der Waals surface area contributed by atoms with Gasteiger partial charge in [0.25, 0.3) is 5.91 Å². The molecule has 32 heavy (non-hydrogen) atoms. The van der Waals surface area contributed by atoms with E-state index in [2.05, 4.69) is 27.1 Å². The van der Waals surface area contributed by atoms with Gasteiger partial charge in [-0.15, -0.1) is 0 Å². The molecule has 0 unspecified atom stereocenters. The number of nitrogens with zero attached hydrogens (tertiary/aromatic N) is 3. The molecule has 172 valence electrons. The zero-order valence-corrected chi connectivity index (χ0v) is 18.7. The number of halogens is 1. The van der Waals surface area contributed by atoms with E-state index in [-0.39, 0.29) is 35.8 Å². The first-order valence-corrected chi connectivity index (χ1v) is 10.7. The van der Waals surface area contributed by atoms with Crippen molar-refractivity contribution in [1.82, 2.24) is 15.3 Å². The van der Waals surface area contributed by atoms with Crippen LogP contribution >= 0.6 is 0 Å². The highest BCUT2D eigenvalue weighted by Crippen LogP contribution is 2.36. The molecule has 8 nitrogen and oxygen atoms in total. The minimum Gasteiger partial charge on any atom is -0.504 e. The maximum atomic E-state index is 13.2. The van der Waals surface area contributed by atoms with E-state index in [0.717, 1.165) is 31.6 Å². The van der Waals surface area contributed by atoms with Crippen molar-refractivity contribution in [2.45, 2.75) is 40.0 Å². The SMILES string of the molecule is CCOC(=O)CNC(=O)c1nc(CC2(C)CCN(c3ccc(F)cc3)CC2)nc(C)c1O. The average Bonchev–Trinajstić information content (AvgIpc) is 2.76. The summed E-state index contributed by atoms with van der Waals surface area (Å²) >= 11 is 0. The number of hydrogen-bond acceptors (Lipinski definition) is 7. The van der Waals surface area contributed by atoms with Gasteiger partial charge in [0.15, 0.2) is 11.4 Å². The Labute approximate surface area is 186 Å². The van der Waals surface area contributed by atoms with Crippen molar-refractivity contribution in [2.75, 3.05) is 31.1 Å². The molecule has 2 N–H and O–H groups in total. The van der Waals surface area contributed by atoms with Gasteiger partial charge in [0.1, 0.15) is 18.2 Å². The fourth-order valence-corrected chi connectivity index (χ4v) is 3.83. The number of carbonyl (C=O) groups excluding carboxylic acids is 2. The minimum atomic E-state index is -0.654. The Bertz CT molecular complexity index is 973. The van der Waals surface area contributed by atoms with E-state index in [1.54, 1.807) is 26.0 Å². The van der Waals surface area contributed by atoms with Gasteiger partial charge in [0, 0.05) is 25.2 Å². The largest absolute Gasteiger partial charge is 0.504 e. The molecule has 0 saturated carbocycles. The predicted molar refractivity (Wildman–Crippen MR) is 117 cm³/mol. The topological polar surface area (TPSA) is 105 Å². The number of ether oxygens (including phenoxy) is 1. The molecule has 0 spiro atoms. The van der Waals surface area contributed by atoms with E-state index in [1.807, 2.05) is 0 Å². The number of piperidine rings is 1. The van der Waals surface area contributed by atoms with Gasteiger partial charge in [-0.25, -0.2) is 14.4 Å². The quantitative estimate of drug-likeness (QED) is 0.633. The summed E-state index contributed by atoms with van der Waals surface area (Å²) in [4.78, 5) is 34.9. The molecule has 1 saturated heterocycles. The monoisotopic (exact) mass is 444 g/mol. The summed E-state index contributed by atoms with van der Waals surface area (Å²) in [5.74, 6) is -1.30. The highest BCUT2D eigenvalue weighted by molar-refractivity contribution is 5.96. The second-order valence-electron chi connectivity index (χ2n) is 8.36. The first kappa shape index (κ1) is 23.4. The predicted octanol–water partition coefficient (Wildman–Crippen LogP) is 2.77. The minimum absolute atomic E-state index is 0.0847. The summed E-state index contributed by atoms with van der Waals surface area (Å²) in [7, 11) is 0. The van der Waals surface area contributed by atoms with Gasteiger partial charge < -0.3 is 20.1 Å². The molecule has 0 aliphatic carbocycles. The van der Waals surface area contributed by atoms with Gasteiger partial charge in [-0.3, -0.25) is 9.59 Å². The number of aromatic nitrogens is 2. The first-order chi connectivity index (χ1) is 15.2. The highest BCUT2D eigenvalue weighted by Gasteiger charge is 2.32. The molecule has 2 heterocycles. The Morgan fingerprint density at radius 3 is 2.50 bits per heavy atom. The molecule has 1 aromatic heterocycles. The van der Waals surface area contributed by atoms with Gasteiger partial charge >= 0.3 is 5.97 Å². The van der Waals surface area contributed by atoms with Crippen LogP contribution in [-0.2, 0) is 16.0 Å². The van der Waals surface area contributed by atoms with E-state index in [4.69, 9.17) is 4.74 Å². The summed E-state index contributed by atoms with van der Waals surface area (Å²) in [5.41, 5.74) is 1.07. The van der Waals surface area contributed by atoms with Gasteiger partial charge in [0.2, 0.25) is 0 Å². The molecular weight excluding hydrogens is 415 g/mol. The lowest BCUT2D eigenvalue weighted by Gasteiger charge is -2.40. The Hall–Kier alpha value is -3.23. The molecule has 9 heteroatoms. The molecule has 1 aromatic carbocycles. The summed E-state index contributed by atoms with van der Waals surface area (Å²) in [5, 5.41) is 12.7. The van der Waals surface area contributed by atoms with Crippen LogP contribution in [0.1, 0.15) is 48.7 Å².